The molecular weight excluding hydrogens is 249 g/mol. The molecule has 0 aromatic heterocycles. The van der Waals surface area contributed by atoms with Crippen LogP contribution in [0.25, 0.3) is 0 Å². The first-order valence-corrected chi connectivity index (χ1v) is 9.05. The van der Waals surface area contributed by atoms with E-state index in [-0.39, 0.29) is 18.9 Å². The van der Waals surface area contributed by atoms with Crippen LogP contribution in [0.2, 0.25) is 0 Å². The molecule has 21 heavy (non-hydrogen) atoms. The van der Waals surface area contributed by atoms with E-state index in [1.54, 1.807) is 0 Å². The summed E-state index contributed by atoms with van der Waals surface area (Å²) in [5.74, 6) is 0. The van der Waals surface area contributed by atoms with Crippen molar-refractivity contribution in [2.45, 2.75) is 91.0 Å². The van der Waals surface area contributed by atoms with Crippen molar-refractivity contribution in [3.63, 3.8) is 0 Å². The molecule has 1 rings (SSSR count). The van der Waals surface area contributed by atoms with Gasteiger partial charge in [-0.15, -0.1) is 0 Å². The molecule has 0 spiro atoms. The van der Waals surface area contributed by atoms with E-state index >= 15 is 0 Å². The normalized spacial score (nSPS) is 17.3. The minimum atomic E-state index is 0. The fourth-order valence-electron chi connectivity index (χ4n) is 2.98. The fraction of sp³-hybridized carbons (Fsp3) is 0.842. The van der Waals surface area contributed by atoms with Gasteiger partial charge < -0.3 is 0 Å². The molecule has 0 amide bonds. The zero-order chi connectivity index (χ0) is 14.6. The first kappa shape index (κ1) is 21.3. The Balaban J connectivity index is 0.00000400. The van der Waals surface area contributed by atoms with Crippen LogP contribution in [0.5, 0.6) is 0 Å². The third kappa shape index (κ3) is 9.83. The number of unbranched alkanes of at least 4 members (excludes halogenated alkanes) is 8. The van der Waals surface area contributed by atoms with E-state index in [2.05, 4.69) is 38.2 Å². The molecule has 0 aromatic carbocycles. The van der Waals surface area contributed by atoms with Gasteiger partial charge in [0.15, 0.2) is 0 Å². The van der Waals surface area contributed by atoms with Gasteiger partial charge in [-0.05, 0) is 32.9 Å². The van der Waals surface area contributed by atoms with Crippen molar-refractivity contribution in [1.29, 1.82) is 0 Å². The average Bonchev–Trinajstić information content (AvgIpc) is 2.41. The molecule has 0 aliphatic heterocycles. The van der Waals surface area contributed by atoms with Crippen LogP contribution in [0, 0.1) is 6.42 Å². The van der Waals surface area contributed by atoms with Gasteiger partial charge in [-0.1, -0.05) is 76.9 Å². The molecule has 0 bridgehead atoms. The summed E-state index contributed by atoms with van der Waals surface area (Å²) in [4.78, 5) is 2.70. The van der Waals surface area contributed by atoms with Crippen LogP contribution >= 0.6 is 0 Å². The molecule has 0 saturated heterocycles. The fourth-order valence-corrected chi connectivity index (χ4v) is 2.98. The molecule has 1 radical (unpaired) electrons. The van der Waals surface area contributed by atoms with Gasteiger partial charge in [0.2, 0.25) is 0 Å². The Kier molecular flexibility index (Phi) is 14.1. The van der Waals surface area contributed by atoms with Gasteiger partial charge in [-0.2, -0.15) is 0 Å². The van der Waals surface area contributed by atoms with E-state index in [9.17, 15) is 0 Å². The van der Waals surface area contributed by atoms with Gasteiger partial charge in [0, 0.05) is 12.5 Å². The molecule has 1 atom stereocenters. The third-order valence-electron chi connectivity index (χ3n) is 4.39. The van der Waals surface area contributed by atoms with E-state index in [0.717, 1.165) is 0 Å². The molecule has 0 fully saturated rings. The number of nitrogens with zero attached hydrogens (tertiary/aromatic N) is 1. The molecule has 0 saturated carbocycles. The number of rotatable bonds is 13. The Bertz CT molecular complexity index is 248. The molecular formula is C19H37LiN. The van der Waals surface area contributed by atoms with Crippen LogP contribution in [0.15, 0.2) is 11.6 Å². The summed E-state index contributed by atoms with van der Waals surface area (Å²) in [6.45, 7) is 9.39. The maximum atomic E-state index is 2.70. The van der Waals surface area contributed by atoms with E-state index in [4.69, 9.17) is 0 Å². The van der Waals surface area contributed by atoms with Crippen LogP contribution in [0.4, 0.5) is 0 Å². The van der Waals surface area contributed by atoms with E-state index in [0.29, 0.717) is 6.04 Å². The van der Waals surface area contributed by atoms with Gasteiger partial charge >= 0.3 is 18.9 Å². The summed E-state index contributed by atoms with van der Waals surface area (Å²) < 4.78 is 0. The first-order valence-electron chi connectivity index (χ1n) is 9.05. The first-order chi connectivity index (χ1) is 9.77. The monoisotopic (exact) mass is 286 g/mol. The molecule has 1 aliphatic rings. The average molecular weight is 286 g/mol. The van der Waals surface area contributed by atoms with Crippen molar-refractivity contribution in [3.8, 4) is 0 Å². The van der Waals surface area contributed by atoms with Gasteiger partial charge in [0.05, 0.1) is 0 Å². The van der Waals surface area contributed by atoms with Crippen molar-refractivity contribution in [2.75, 3.05) is 13.1 Å². The summed E-state index contributed by atoms with van der Waals surface area (Å²) in [7, 11) is 0. The summed E-state index contributed by atoms with van der Waals surface area (Å²) in [6, 6.07) is 0.646. The Morgan fingerprint density at radius 3 is 1.62 bits per heavy atom. The third-order valence-corrected chi connectivity index (χ3v) is 4.39. The number of hydrogen-bond donors (Lipinski definition) is 0. The molecule has 119 valence electrons. The van der Waals surface area contributed by atoms with Crippen molar-refractivity contribution >= 4 is 18.9 Å². The molecule has 0 aromatic rings. The van der Waals surface area contributed by atoms with Crippen molar-refractivity contribution < 1.29 is 0 Å². The minimum absolute atomic E-state index is 0. The van der Waals surface area contributed by atoms with Crippen molar-refractivity contribution in [3.05, 3.63) is 18.1 Å². The van der Waals surface area contributed by atoms with E-state index in [1.165, 1.54) is 82.9 Å². The maximum absolute atomic E-state index is 2.70. The molecule has 0 N–H and O–H groups in total. The zero-order valence-electron chi connectivity index (χ0n) is 14.2. The second kappa shape index (κ2) is 13.9. The summed E-state index contributed by atoms with van der Waals surface area (Å²) in [5, 5.41) is 0. The number of hydrogen-bond acceptors (Lipinski definition) is 1. The predicted octanol–water partition coefficient (Wildman–Crippen LogP) is 5.11. The SMILES string of the molecule is CCCCCCCN(CCCCCCC)C1[CH]C(C)=C1.[LiH]. The topological polar surface area (TPSA) is 3.24 Å². The second-order valence-electron chi connectivity index (χ2n) is 6.43. The molecule has 2 heteroatoms. The van der Waals surface area contributed by atoms with Crippen LogP contribution in [0.3, 0.4) is 0 Å². The Morgan fingerprint density at radius 1 is 0.810 bits per heavy atom. The van der Waals surface area contributed by atoms with E-state index < -0.39 is 0 Å². The molecule has 0 heterocycles. The second-order valence-corrected chi connectivity index (χ2v) is 6.43. The summed E-state index contributed by atoms with van der Waals surface area (Å²) in [5.41, 5.74) is 1.47. The molecule has 1 aliphatic carbocycles. The standard InChI is InChI=1S/C19H36N.Li.H/c1-4-6-8-10-12-14-20(19-16-18(3)17-19)15-13-11-9-7-5-2;;/h16-17,19H,4-15H2,1-3H3;;. The van der Waals surface area contributed by atoms with Crippen LogP contribution in [-0.2, 0) is 0 Å². The van der Waals surface area contributed by atoms with Crippen LogP contribution < -0.4 is 0 Å². The van der Waals surface area contributed by atoms with Crippen molar-refractivity contribution in [2.24, 2.45) is 0 Å². The molecule has 1 nitrogen and oxygen atoms in total. The van der Waals surface area contributed by atoms with Gasteiger partial charge in [-0.25, -0.2) is 0 Å². The summed E-state index contributed by atoms with van der Waals surface area (Å²) >= 11 is 0. The van der Waals surface area contributed by atoms with Crippen LogP contribution in [-0.4, -0.2) is 42.9 Å². The van der Waals surface area contributed by atoms with Gasteiger partial charge in [0.1, 0.15) is 0 Å². The Labute approximate surface area is 146 Å². The Morgan fingerprint density at radius 2 is 1.24 bits per heavy atom. The Hall–Kier alpha value is 0.297. The van der Waals surface area contributed by atoms with Crippen molar-refractivity contribution in [1.82, 2.24) is 4.90 Å². The zero-order valence-corrected chi connectivity index (χ0v) is 14.2. The summed E-state index contributed by atoms with van der Waals surface area (Å²) in [6.07, 6.45) is 18.8. The molecule has 1 unspecified atom stereocenters. The predicted molar refractivity (Wildman–Crippen MR) is 98.1 cm³/mol. The van der Waals surface area contributed by atoms with E-state index in [1.807, 2.05) is 0 Å². The van der Waals surface area contributed by atoms with Crippen LogP contribution in [0.1, 0.15) is 85.0 Å². The van der Waals surface area contributed by atoms with Gasteiger partial charge in [-0.3, -0.25) is 4.90 Å². The quantitative estimate of drug-likeness (QED) is 0.336. The van der Waals surface area contributed by atoms with Gasteiger partial charge in [0.25, 0.3) is 0 Å².